The van der Waals surface area contributed by atoms with E-state index in [1.807, 2.05) is 38.1 Å². The van der Waals surface area contributed by atoms with E-state index in [1.54, 1.807) is 41.8 Å². The minimum atomic E-state index is -0.746. The van der Waals surface area contributed by atoms with Gasteiger partial charge in [-0.3, -0.25) is 14.7 Å². The molecule has 0 aliphatic carbocycles. The highest BCUT2D eigenvalue weighted by atomic mass is 16.6. The van der Waals surface area contributed by atoms with Gasteiger partial charge in [-0.25, -0.2) is 4.79 Å². The van der Waals surface area contributed by atoms with E-state index in [9.17, 15) is 14.9 Å². The summed E-state index contributed by atoms with van der Waals surface area (Å²) in [5.41, 5.74) is 3.73. The Hall–Kier alpha value is -4.13. The van der Waals surface area contributed by atoms with Gasteiger partial charge in [-0.05, 0) is 79.3 Å². The van der Waals surface area contributed by atoms with E-state index in [2.05, 4.69) is 32.9 Å². The molecule has 0 N–H and O–H groups in total. The van der Waals surface area contributed by atoms with Crippen molar-refractivity contribution in [3.63, 3.8) is 0 Å². The van der Waals surface area contributed by atoms with Gasteiger partial charge in [-0.1, -0.05) is 51.1 Å². The molecule has 0 saturated carbocycles. The molecule has 0 amide bonds. The number of carbonyl (C=O) groups is 1. The number of hydrogen-bond acceptors (Lipinski definition) is 5. The van der Waals surface area contributed by atoms with Crippen LogP contribution in [-0.2, 0) is 10.2 Å². The fourth-order valence-electron chi connectivity index (χ4n) is 4.40. The van der Waals surface area contributed by atoms with Gasteiger partial charge in [-0.2, -0.15) is 0 Å². The SMILES string of the molecule is CCOC(=O)c1c([N+](=O)[O-])c2cc(-c3ccc(C(C)(C)C)cc3)ccc2n1-c1ccc(OC(C)C)cc1. The van der Waals surface area contributed by atoms with Crippen molar-refractivity contribution in [2.45, 2.75) is 53.1 Å². The van der Waals surface area contributed by atoms with Gasteiger partial charge in [0, 0.05) is 5.69 Å². The first-order valence-electron chi connectivity index (χ1n) is 12.4. The maximum Gasteiger partial charge on any atom is 0.362 e. The number of nitro groups is 1. The highest BCUT2D eigenvalue weighted by Crippen LogP contribution is 2.39. The van der Waals surface area contributed by atoms with E-state index < -0.39 is 10.9 Å². The summed E-state index contributed by atoms with van der Waals surface area (Å²) in [5.74, 6) is -0.0765. The number of hydrogen-bond donors (Lipinski definition) is 0. The van der Waals surface area contributed by atoms with Gasteiger partial charge >= 0.3 is 11.7 Å². The van der Waals surface area contributed by atoms with E-state index >= 15 is 0 Å². The van der Waals surface area contributed by atoms with Crippen LogP contribution in [0.5, 0.6) is 5.75 Å². The highest BCUT2D eigenvalue weighted by molar-refractivity contribution is 6.06. The number of esters is 1. The quantitative estimate of drug-likeness (QED) is 0.149. The average Bonchev–Trinajstić information content (AvgIpc) is 3.19. The average molecular weight is 501 g/mol. The molecule has 0 radical (unpaired) electrons. The number of nitrogens with zero attached hydrogens (tertiary/aromatic N) is 2. The molecule has 0 atom stereocenters. The van der Waals surface area contributed by atoms with E-state index in [0.717, 1.165) is 11.1 Å². The predicted octanol–water partition coefficient (Wildman–Crippen LogP) is 7.47. The zero-order chi connectivity index (χ0) is 26.9. The minimum Gasteiger partial charge on any atom is -0.491 e. The molecule has 0 spiro atoms. The number of fused-ring (bicyclic) bond motifs is 1. The molecule has 0 bridgehead atoms. The van der Waals surface area contributed by atoms with Gasteiger partial charge in [0.1, 0.15) is 5.75 Å². The van der Waals surface area contributed by atoms with Crippen LogP contribution >= 0.6 is 0 Å². The van der Waals surface area contributed by atoms with Crippen molar-refractivity contribution in [1.29, 1.82) is 0 Å². The summed E-state index contributed by atoms with van der Waals surface area (Å²) >= 11 is 0. The second-order valence-corrected chi connectivity index (χ2v) is 10.2. The molecule has 1 aromatic heterocycles. The Balaban J connectivity index is 1.93. The molecule has 0 saturated heterocycles. The van der Waals surface area contributed by atoms with Crippen LogP contribution in [0.3, 0.4) is 0 Å². The van der Waals surface area contributed by atoms with Gasteiger partial charge in [0.05, 0.1) is 28.5 Å². The van der Waals surface area contributed by atoms with E-state index in [1.165, 1.54) is 5.56 Å². The summed E-state index contributed by atoms with van der Waals surface area (Å²) < 4.78 is 12.6. The second-order valence-electron chi connectivity index (χ2n) is 10.2. The van der Waals surface area contributed by atoms with Crippen LogP contribution in [0.4, 0.5) is 5.69 Å². The van der Waals surface area contributed by atoms with Crippen LogP contribution in [0.15, 0.2) is 66.7 Å². The fraction of sp³-hybridized carbons (Fsp3) is 0.300. The number of aromatic nitrogens is 1. The summed E-state index contributed by atoms with van der Waals surface area (Å²) in [6.07, 6.45) is 0.00493. The summed E-state index contributed by atoms with van der Waals surface area (Å²) in [7, 11) is 0. The zero-order valence-electron chi connectivity index (χ0n) is 22.1. The van der Waals surface area contributed by atoms with Gasteiger partial charge in [-0.15, -0.1) is 0 Å². The van der Waals surface area contributed by atoms with Crippen LogP contribution < -0.4 is 4.74 Å². The Kier molecular flexibility index (Phi) is 7.07. The first kappa shape index (κ1) is 25.9. The van der Waals surface area contributed by atoms with E-state index in [-0.39, 0.29) is 29.5 Å². The molecule has 3 aromatic carbocycles. The van der Waals surface area contributed by atoms with Crippen LogP contribution in [0.1, 0.15) is 57.6 Å². The number of benzene rings is 3. The third kappa shape index (κ3) is 5.21. The second kappa shape index (κ2) is 10.1. The lowest BCUT2D eigenvalue weighted by Crippen LogP contribution is -2.13. The van der Waals surface area contributed by atoms with Crippen LogP contribution in [-0.4, -0.2) is 28.2 Å². The van der Waals surface area contributed by atoms with Crippen molar-refractivity contribution < 1.29 is 19.2 Å². The van der Waals surface area contributed by atoms with Gasteiger partial charge in [0.2, 0.25) is 5.69 Å². The molecule has 0 unspecified atom stereocenters. The van der Waals surface area contributed by atoms with Crippen molar-refractivity contribution >= 4 is 22.6 Å². The summed E-state index contributed by atoms with van der Waals surface area (Å²) in [6, 6.07) is 20.8. The molecule has 37 heavy (non-hydrogen) atoms. The Morgan fingerprint density at radius 2 is 1.59 bits per heavy atom. The van der Waals surface area contributed by atoms with Gasteiger partial charge in [0.25, 0.3) is 0 Å². The summed E-state index contributed by atoms with van der Waals surface area (Å²) in [4.78, 5) is 24.9. The van der Waals surface area contributed by atoms with Gasteiger partial charge in [0.15, 0.2) is 0 Å². The topological polar surface area (TPSA) is 83.6 Å². The summed E-state index contributed by atoms with van der Waals surface area (Å²) in [6.45, 7) is 12.1. The molecule has 0 fully saturated rings. The standard InChI is InChI=1S/C30H32N2O5/c1-7-36-29(33)28-27(32(34)35)25-18-21(20-8-11-22(12-9-20)30(4,5)6)10-17-26(25)31(28)23-13-15-24(16-14-23)37-19(2)3/h8-19H,7H2,1-6H3. The molecule has 0 aliphatic heterocycles. The van der Waals surface area contributed by atoms with Crippen LogP contribution in [0.2, 0.25) is 0 Å². The lowest BCUT2D eigenvalue weighted by atomic mass is 9.86. The molecule has 4 aromatic rings. The Labute approximate surface area is 216 Å². The molecule has 7 heteroatoms. The van der Waals surface area contributed by atoms with Crippen molar-refractivity contribution in [1.82, 2.24) is 4.57 Å². The van der Waals surface area contributed by atoms with Crippen molar-refractivity contribution in [3.8, 4) is 22.6 Å². The summed E-state index contributed by atoms with van der Waals surface area (Å²) in [5, 5.41) is 12.7. The third-order valence-electron chi connectivity index (χ3n) is 6.14. The smallest absolute Gasteiger partial charge is 0.362 e. The van der Waals surface area contributed by atoms with Crippen molar-refractivity contribution in [2.75, 3.05) is 6.61 Å². The first-order valence-corrected chi connectivity index (χ1v) is 12.4. The maximum absolute atomic E-state index is 13.1. The van der Waals surface area contributed by atoms with Crippen molar-refractivity contribution in [3.05, 3.63) is 88.1 Å². The molecular weight excluding hydrogens is 468 g/mol. The number of ether oxygens (including phenoxy) is 2. The molecular formula is C30H32N2O5. The maximum atomic E-state index is 13.1. The fourth-order valence-corrected chi connectivity index (χ4v) is 4.40. The minimum absolute atomic E-state index is 0.00493. The predicted molar refractivity (Wildman–Crippen MR) is 146 cm³/mol. The third-order valence-corrected chi connectivity index (χ3v) is 6.14. The lowest BCUT2D eigenvalue weighted by molar-refractivity contribution is -0.383. The Morgan fingerprint density at radius 3 is 2.14 bits per heavy atom. The van der Waals surface area contributed by atoms with Crippen LogP contribution in [0.25, 0.3) is 27.7 Å². The van der Waals surface area contributed by atoms with E-state index in [0.29, 0.717) is 22.3 Å². The largest absolute Gasteiger partial charge is 0.491 e. The number of rotatable bonds is 7. The zero-order valence-corrected chi connectivity index (χ0v) is 22.1. The molecule has 7 nitrogen and oxygen atoms in total. The Morgan fingerprint density at radius 1 is 0.973 bits per heavy atom. The van der Waals surface area contributed by atoms with E-state index in [4.69, 9.17) is 9.47 Å². The molecule has 1 heterocycles. The lowest BCUT2D eigenvalue weighted by Gasteiger charge is -2.19. The molecule has 0 aliphatic rings. The normalized spacial score (nSPS) is 11.6. The Bertz CT molecular complexity index is 1440. The highest BCUT2D eigenvalue weighted by Gasteiger charge is 2.33. The van der Waals surface area contributed by atoms with Gasteiger partial charge < -0.3 is 9.47 Å². The molecule has 192 valence electrons. The van der Waals surface area contributed by atoms with Crippen molar-refractivity contribution in [2.24, 2.45) is 0 Å². The number of carbonyl (C=O) groups excluding carboxylic acids is 1. The van der Waals surface area contributed by atoms with Crippen LogP contribution in [0, 0.1) is 10.1 Å². The molecule has 4 rings (SSSR count). The monoisotopic (exact) mass is 500 g/mol. The first-order chi connectivity index (χ1) is 17.5.